The van der Waals surface area contributed by atoms with E-state index in [-0.39, 0.29) is 27.8 Å². The van der Waals surface area contributed by atoms with Gasteiger partial charge in [0.25, 0.3) is 5.91 Å². The number of hydrogen-bond acceptors (Lipinski definition) is 3. The highest BCUT2D eigenvalue weighted by Crippen LogP contribution is 2.20. The summed E-state index contributed by atoms with van der Waals surface area (Å²) in [7, 11) is -2.41. The zero-order chi connectivity index (χ0) is 17.9. The van der Waals surface area contributed by atoms with Crippen molar-refractivity contribution < 1.29 is 17.6 Å². The minimum atomic E-state index is -3.69. The van der Waals surface area contributed by atoms with Crippen LogP contribution in [0.1, 0.15) is 21.5 Å². The smallest absolute Gasteiger partial charge is 0.253 e. The maximum absolute atomic E-state index is 13.5. The first kappa shape index (κ1) is 18.4. The van der Waals surface area contributed by atoms with E-state index in [1.807, 2.05) is 0 Å². The van der Waals surface area contributed by atoms with Gasteiger partial charge in [-0.2, -0.15) is 0 Å². The van der Waals surface area contributed by atoms with Gasteiger partial charge < -0.3 is 5.32 Å². The first-order chi connectivity index (χ1) is 11.2. The van der Waals surface area contributed by atoms with Crippen molar-refractivity contribution in [3.8, 4) is 0 Å². The third kappa shape index (κ3) is 4.11. The maximum atomic E-state index is 13.5. The average Bonchev–Trinajstić information content (AvgIpc) is 2.55. The molecule has 0 aliphatic rings. The molecule has 0 spiro atoms. The Kier molecular flexibility index (Phi) is 5.58. The number of amides is 1. The molecular weight excluding hydrogens is 355 g/mol. The summed E-state index contributed by atoms with van der Waals surface area (Å²) in [6.07, 6.45) is 0. The summed E-state index contributed by atoms with van der Waals surface area (Å²) in [6, 6.07) is 8.48. The van der Waals surface area contributed by atoms with Crippen LogP contribution < -0.4 is 10.0 Å². The second kappa shape index (κ2) is 7.29. The van der Waals surface area contributed by atoms with Gasteiger partial charge in [-0.3, -0.25) is 4.79 Å². The average molecular weight is 371 g/mol. The molecule has 0 unspecified atom stereocenters. The number of benzene rings is 2. The highest BCUT2D eigenvalue weighted by molar-refractivity contribution is 7.89. The lowest BCUT2D eigenvalue weighted by Gasteiger charge is -2.10. The molecule has 0 aromatic heterocycles. The number of carbonyl (C=O) groups is 1. The molecule has 2 aromatic rings. The largest absolute Gasteiger partial charge is 0.348 e. The molecule has 128 valence electrons. The quantitative estimate of drug-likeness (QED) is 0.849. The van der Waals surface area contributed by atoms with Crippen molar-refractivity contribution in [2.75, 3.05) is 7.05 Å². The van der Waals surface area contributed by atoms with E-state index in [0.29, 0.717) is 11.1 Å². The molecule has 2 aromatic carbocycles. The summed E-state index contributed by atoms with van der Waals surface area (Å²) in [5.74, 6) is -0.906. The highest BCUT2D eigenvalue weighted by Gasteiger charge is 2.17. The van der Waals surface area contributed by atoms with Gasteiger partial charge in [0, 0.05) is 6.54 Å². The van der Waals surface area contributed by atoms with E-state index < -0.39 is 15.9 Å². The van der Waals surface area contributed by atoms with E-state index in [4.69, 9.17) is 11.6 Å². The Bertz CT molecular complexity index is 885. The molecule has 2 N–H and O–H groups in total. The van der Waals surface area contributed by atoms with Crippen molar-refractivity contribution in [1.29, 1.82) is 0 Å². The van der Waals surface area contributed by atoms with Crippen molar-refractivity contribution >= 4 is 27.5 Å². The normalized spacial score (nSPS) is 11.3. The van der Waals surface area contributed by atoms with Crippen molar-refractivity contribution in [1.82, 2.24) is 10.0 Å². The summed E-state index contributed by atoms with van der Waals surface area (Å²) >= 11 is 5.98. The summed E-state index contributed by atoms with van der Waals surface area (Å²) < 4.78 is 39.3. The van der Waals surface area contributed by atoms with Crippen LogP contribution in [-0.2, 0) is 16.6 Å². The van der Waals surface area contributed by atoms with Crippen molar-refractivity contribution in [2.45, 2.75) is 18.4 Å². The zero-order valence-corrected chi connectivity index (χ0v) is 14.6. The van der Waals surface area contributed by atoms with Crippen molar-refractivity contribution in [3.63, 3.8) is 0 Å². The Balaban J connectivity index is 2.20. The number of sulfonamides is 1. The minimum absolute atomic E-state index is 0.0283. The van der Waals surface area contributed by atoms with E-state index in [9.17, 15) is 17.6 Å². The van der Waals surface area contributed by atoms with Crippen molar-refractivity contribution in [2.24, 2.45) is 0 Å². The van der Waals surface area contributed by atoms with Crippen LogP contribution >= 0.6 is 11.6 Å². The van der Waals surface area contributed by atoms with E-state index >= 15 is 0 Å². The molecule has 0 atom stereocenters. The lowest BCUT2D eigenvalue weighted by atomic mass is 10.1. The Hall–Kier alpha value is -1.96. The molecule has 0 saturated heterocycles. The molecule has 0 radical (unpaired) electrons. The predicted octanol–water partition coefficient (Wildman–Crippen LogP) is 2.63. The second-order valence-corrected chi connectivity index (χ2v) is 7.41. The molecule has 1 amide bonds. The van der Waals surface area contributed by atoms with Gasteiger partial charge in [0.1, 0.15) is 5.82 Å². The van der Waals surface area contributed by atoms with E-state index in [1.165, 1.54) is 31.3 Å². The van der Waals surface area contributed by atoms with Crippen LogP contribution in [0.3, 0.4) is 0 Å². The fraction of sp³-hybridized carbons (Fsp3) is 0.188. The van der Waals surface area contributed by atoms with Crippen LogP contribution in [0.15, 0.2) is 41.3 Å². The predicted molar refractivity (Wildman–Crippen MR) is 90.0 cm³/mol. The fourth-order valence-electron chi connectivity index (χ4n) is 1.99. The molecule has 0 aliphatic heterocycles. The van der Waals surface area contributed by atoms with Crippen LogP contribution in [0.25, 0.3) is 0 Å². The van der Waals surface area contributed by atoms with Crippen molar-refractivity contribution in [3.05, 3.63) is 63.9 Å². The molecule has 8 heteroatoms. The summed E-state index contributed by atoms with van der Waals surface area (Å²) in [6.45, 7) is 1.74. The first-order valence-corrected chi connectivity index (χ1v) is 8.87. The molecule has 2 rings (SSSR count). The Morgan fingerprint density at radius 1 is 1.21 bits per heavy atom. The van der Waals surface area contributed by atoms with E-state index in [0.717, 1.165) is 0 Å². The maximum Gasteiger partial charge on any atom is 0.253 e. The van der Waals surface area contributed by atoms with Crippen LogP contribution in [0.4, 0.5) is 4.39 Å². The monoisotopic (exact) mass is 370 g/mol. The number of aryl methyl sites for hydroxylation is 1. The van der Waals surface area contributed by atoms with Crippen LogP contribution in [0, 0.1) is 12.7 Å². The van der Waals surface area contributed by atoms with E-state index in [2.05, 4.69) is 10.0 Å². The molecular formula is C16H16ClFN2O3S. The number of hydrogen-bond donors (Lipinski definition) is 2. The molecule has 0 saturated carbocycles. The van der Waals surface area contributed by atoms with E-state index in [1.54, 1.807) is 19.1 Å². The van der Waals surface area contributed by atoms with Gasteiger partial charge in [0.15, 0.2) is 0 Å². The molecule has 24 heavy (non-hydrogen) atoms. The third-order valence-electron chi connectivity index (χ3n) is 3.45. The lowest BCUT2D eigenvalue weighted by Crippen LogP contribution is -2.24. The zero-order valence-electron chi connectivity index (χ0n) is 13.1. The van der Waals surface area contributed by atoms with Crippen LogP contribution in [-0.4, -0.2) is 21.4 Å². The minimum Gasteiger partial charge on any atom is -0.348 e. The van der Waals surface area contributed by atoms with Gasteiger partial charge in [-0.15, -0.1) is 0 Å². The first-order valence-electron chi connectivity index (χ1n) is 7.01. The Morgan fingerprint density at radius 3 is 2.54 bits per heavy atom. The topological polar surface area (TPSA) is 75.3 Å². The summed E-state index contributed by atoms with van der Waals surface area (Å²) in [4.78, 5) is 12.2. The third-order valence-corrected chi connectivity index (χ3v) is 5.19. The van der Waals surface area contributed by atoms with Gasteiger partial charge in [-0.25, -0.2) is 17.5 Å². The Morgan fingerprint density at radius 2 is 1.92 bits per heavy atom. The highest BCUT2D eigenvalue weighted by atomic mass is 35.5. The van der Waals surface area contributed by atoms with Gasteiger partial charge >= 0.3 is 0 Å². The number of rotatable bonds is 5. The SMILES string of the molecule is CNS(=O)(=O)c1ccc(Cl)c(C(=O)NCc2ccc(C)c(F)c2)c1. The Labute approximate surface area is 144 Å². The van der Waals surface area contributed by atoms with Crippen LogP contribution in [0.5, 0.6) is 0 Å². The number of nitrogens with one attached hydrogen (secondary N) is 2. The molecule has 0 fully saturated rings. The number of carbonyl (C=O) groups excluding carboxylic acids is 1. The molecule has 0 bridgehead atoms. The molecule has 0 aliphatic carbocycles. The van der Waals surface area contributed by atoms with Crippen LogP contribution in [0.2, 0.25) is 5.02 Å². The number of halogens is 2. The van der Waals surface area contributed by atoms with Gasteiger partial charge in [0.05, 0.1) is 15.5 Å². The second-order valence-electron chi connectivity index (χ2n) is 5.12. The molecule has 0 heterocycles. The van der Waals surface area contributed by atoms with Gasteiger partial charge in [-0.05, 0) is 49.4 Å². The molecule has 5 nitrogen and oxygen atoms in total. The summed E-state index contributed by atoms with van der Waals surface area (Å²) in [5, 5.41) is 2.72. The fourth-order valence-corrected chi connectivity index (χ4v) is 2.95. The standard InChI is InChI=1S/C16H16ClFN2O3S/c1-10-3-4-11(7-15(10)18)9-20-16(21)13-8-12(5-6-14(13)17)24(22,23)19-2/h3-8,19H,9H2,1-2H3,(H,20,21). The van der Waals surface area contributed by atoms with Gasteiger partial charge in [-0.1, -0.05) is 23.7 Å². The summed E-state index contributed by atoms with van der Waals surface area (Å²) in [5.41, 5.74) is 1.13. The van der Waals surface area contributed by atoms with Gasteiger partial charge in [0.2, 0.25) is 10.0 Å². The lowest BCUT2D eigenvalue weighted by molar-refractivity contribution is 0.0951.